The molecule has 1 atom stereocenters. The molecule has 0 bridgehead atoms. The van der Waals surface area contributed by atoms with Crippen molar-refractivity contribution in [3.05, 3.63) is 0 Å². The van der Waals surface area contributed by atoms with Crippen LogP contribution in [-0.2, 0) is 14.4 Å². The predicted molar refractivity (Wildman–Crippen MR) is 58.1 cm³/mol. The summed E-state index contributed by atoms with van der Waals surface area (Å²) in [7, 11) is 0. The number of hydrogen-bond donors (Lipinski definition) is 2. The van der Waals surface area contributed by atoms with E-state index in [-0.39, 0.29) is 30.1 Å². The molecule has 6 nitrogen and oxygen atoms in total. The van der Waals surface area contributed by atoms with Crippen LogP contribution in [0.4, 0.5) is 0 Å². The van der Waals surface area contributed by atoms with E-state index in [1.165, 1.54) is 0 Å². The molecule has 0 aromatic rings. The van der Waals surface area contributed by atoms with E-state index in [4.69, 9.17) is 5.11 Å². The SMILES string of the molecule is O=C1CC(C(=O)N2CCC(C(=O)O)CC2)CN1. The third-order valence-corrected chi connectivity index (χ3v) is 3.48. The van der Waals surface area contributed by atoms with E-state index >= 15 is 0 Å². The van der Waals surface area contributed by atoms with Crippen LogP contribution < -0.4 is 5.32 Å². The zero-order chi connectivity index (χ0) is 12.4. The summed E-state index contributed by atoms with van der Waals surface area (Å²) in [6.45, 7) is 1.39. The van der Waals surface area contributed by atoms with Gasteiger partial charge in [0.2, 0.25) is 11.8 Å². The highest BCUT2D eigenvalue weighted by molar-refractivity contribution is 5.89. The summed E-state index contributed by atoms with van der Waals surface area (Å²) in [5.74, 6) is -1.47. The molecule has 0 radical (unpaired) electrons. The third-order valence-electron chi connectivity index (χ3n) is 3.48. The Bertz CT molecular complexity index is 347. The first-order valence-corrected chi connectivity index (χ1v) is 5.86. The van der Waals surface area contributed by atoms with Gasteiger partial charge in [-0.05, 0) is 12.8 Å². The summed E-state index contributed by atoms with van der Waals surface area (Å²) in [6.07, 6.45) is 1.28. The Balaban J connectivity index is 1.86. The molecule has 2 fully saturated rings. The standard InChI is InChI=1S/C11H16N2O4/c14-9-5-8(6-12-9)10(15)13-3-1-7(2-4-13)11(16)17/h7-8H,1-6H2,(H,12,14)(H,16,17). The fraction of sp³-hybridized carbons (Fsp3) is 0.727. The molecule has 94 valence electrons. The van der Waals surface area contributed by atoms with E-state index in [0.29, 0.717) is 32.5 Å². The van der Waals surface area contributed by atoms with Gasteiger partial charge in [-0.2, -0.15) is 0 Å². The molecule has 2 saturated heterocycles. The number of likely N-dealkylation sites (tertiary alicyclic amines) is 1. The van der Waals surface area contributed by atoms with E-state index in [0.717, 1.165) is 0 Å². The Labute approximate surface area is 99.0 Å². The van der Waals surface area contributed by atoms with Crippen molar-refractivity contribution in [2.45, 2.75) is 19.3 Å². The third kappa shape index (κ3) is 2.57. The highest BCUT2D eigenvalue weighted by Gasteiger charge is 2.34. The minimum Gasteiger partial charge on any atom is -0.481 e. The van der Waals surface area contributed by atoms with Crippen LogP contribution in [0.2, 0.25) is 0 Å². The smallest absolute Gasteiger partial charge is 0.306 e. The van der Waals surface area contributed by atoms with E-state index in [1.807, 2.05) is 0 Å². The molecule has 2 aliphatic rings. The first-order valence-electron chi connectivity index (χ1n) is 5.86. The molecule has 17 heavy (non-hydrogen) atoms. The predicted octanol–water partition coefficient (Wildman–Crippen LogP) is -0.554. The van der Waals surface area contributed by atoms with E-state index in [1.54, 1.807) is 4.90 Å². The molecule has 2 heterocycles. The number of amides is 2. The lowest BCUT2D eigenvalue weighted by molar-refractivity contribution is -0.146. The topological polar surface area (TPSA) is 86.7 Å². The maximum Gasteiger partial charge on any atom is 0.306 e. The normalized spacial score (nSPS) is 25.8. The maximum atomic E-state index is 12.0. The van der Waals surface area contributed by atoms with Gasteiger partial charge in [0.1, 0.15) is 0 Å². The summed E-state index contributed by atoms with van der Waals surface area (Å²) in [5.41, 5.74) is 0. The van der Waals surface area contributed by atoms with Gasteiger partial charge >= 0.3 is 5.97 Å². The fourth-order valence-electron chi connectivity index (χ4n) is 2.38. The Morgan fingerprint density at radius 3 is 2.35 bits per heavy atom. The highest BCUT2D eigenvalue weighted by Crippen LogP contribution is 2.21. The van der Waals surface area contributed by atoms with Crippen molar-refractivity contribution >= 4 is 17.8 Å². The van der Waals surface area contributed by atoms with Gasteiger partial charge in [-0.25, -0.2) is 0 Å². The molecule has 0 aliphatic carbocycles. The van der Waals surface area contributed by atoms with Gasteiger partial charge in [0, 0.05) is 26.1 Å². The number of rotatable bonds is 2. The molecule has 0 aromatic heterocycles. The largest absolute Gasteiger partial charge is 0.481 e. The molecule has 0 saturated carbocycles. The number of nitrogens with zero attached hydrogens (tertiary/aromatic N) is 1. The summed E-state index contributed by atoms with van der Waals surface area (Å²) < 4.78 is 0. The zero-order valence-electron chi connectivity index (χ0n) is 9.52. The van der Waals surface area contributed by atoms with Crippen LogP contribution in [0, 0.1) is 11.8 Å². The monoisotopic (exact) mass is 240 g/mol. The Hall–Kier alpha value is -1.59. The maximum absolute atomic E-state index is 12.0. The average Bonchev–Trinajstić information content (AvgIpc) is 2.75. The minimum absolute atomic E-state index is 0.0211. The zero-order valence-corrected chi connectivity index (χ0v) is 9.52. The van der Waals surface area contributed by atoms with Crippen molar-refractivity contribution in [1.29, 1.82) is 0 Å². The van der Waals surface area contributed by atoms with E-state index in [9.17, 15) is 14.4 Å². The van der Waals surface area contributed by atoms with E-state index < -0.39 is 5.97 Å². The van der Waals surface area contributed by atoms with Gasteiger partial charge in [-0.3, -0.25) is 14.4 Å². The van der Waals surface area contributed by atoms with Crippen LogP contribution in [0.1, 0.15) is 19.3 Å². The van der Waals surface area contributed by atoms with Crippen molar-refractivity contribution in [2.75, 3.05) is 19.6 Å². The number of carboxylic acid groups (broad SMARTS) is 1. The molecule has 6 heteroatoms. The highest BCUT2D eigenvalue weighted by atomic mass is 16.4. The van der Waals surface area contributed by atoms with Gasteiger partial charge in [0.25, 0.3) is 0 Å². The van der Waals surface area contributed by atoms with Gasteiger partial charge in [-0.1, -0.05) is 0 Å². The molecule has 0 aromatic carbocycles. The average molecular weight is 240 g/mol. The van der Waals surface area contributed by atoms with E-state index in [2.05, 4.69) is 5.32 Å². The second-order valence-electron chi connectivity index (χ2n) is 4.64. The van der Waals surface area contributed by atoms with Crippen LogP contribution >= 0.6 is 0 Å². The first kappa shape index (κ1) is 11.9. The van der Waals surface area contributed by atoms with Crippen LogP contribution in [0.25, 0.3) is 0 Å². The number of carbonyl (C=O) groups excluding carboxylic acids is 2. The molecular formula is C11H16N2O4. The number of hydrogen-bond acceptors (Lipinski definition) is 3. The van der Waals surface area contributed by atoms with Crippen LogP contribution in [0.15, 0.2) is 0 Å². The summed E-state index contributed by atoms with van der Waals surface area (Å²) in [5, 5.41) is 11.5. The van der Waals surface area contributed by atoms with Crippen LogP contribution in [-0.4, -0.2) is 47.4 Å². The van der Waals surface area contributed by atoms with Crippen molar-refractivity contribution in [2.24, 2.45) is 11.8 Å². The van der Waals surface area contributed by atoms with Gasteiger partial charge < -0.3 is 15.3 Å². The quantitative estimate of drug-likeness (QED) is 0.677. The Kier molecular flexibility index (Phi) is 3.31. The van der Waals surface area contributed by atoms with Crippen molar-refractivity contribution in [3.63, 3.8) is 0 Å². The van der Waals surface area contributed by atoms with Gasteiger partial charge in [0.15, 0.2) is 0 Å². The minimum atomic E-state index is -0.783. The number of carboxylic acids is 1. The second kappa shape index (κ2) is 4.73. The lowest BCUT2D eigenvalue weighted by Crippen LogP contribution is -2.43. The summed E-state index contributed by atoms with van der Waals surface area (Å²) in [4.78, 5) is 35.5. The lowest BCUT2D eigenvalue weighted by atomic mass is 9.95. The van der Waals surface area contributed by atoms with Crippen LogP contribution in [0.3, 0.4) is 0 Å². The fourth-order valence-corrected chi connectivity index (χ4v) is 2.38. The number of aliphatic carboxylic acids is 1. The van der Waals surface area contributed by atoms with Crippen LogP contribution in [0.5, 0.6) is 0 Å². The molecular weight excluding hydrogens is 224 g/mol. The Morgan fingerprint density at radius 1 is 1.24 bits per heavy atom. The molecule has 2 N–H and O–H groups in total. The van der Waals surface area contributed by atoms with Crippen molar-refractivity contribution < 1.29 is 19.5 Å². The van der Waals surface area contributed by atoms with Crippen molar-refractivity contribution in [3.8, 4) is 0 Å². The molecule has 1 unspecified atom stereocenters. The van der Waals surface area contributed by atoms with Gasteiger partial charge in [-0.15, -0.1) is 0 Å². The molecule has 2 aliphatic heterocycles. The molecule has 0 spiro atoms. The summed E-state index contributed by atoms with van der Waals surface area (Å²) in [6, 6.07) is 0. The Morgan fingerprint density at radius 2 is 1.88 bits per heavy atom. The molecule has 2 amide bonds. The second-order valence-corrected chi connectivity index (χ2v) is 4.64. The van der Waals surface area contributed by atoms with Gasteiger partial charge in [0.05, 0.1) is 11.8 Å². The summed E-state index contributed by atoms with van der Waals surface area (Å²) >= 11 is 0. The van der Waals surface area contributed by atoms with Crippen molar-refractivity contribution in [1.82, 2.24) is 10.2 Å². The number of piperidine rings is 1. The molecule has 2 rings (SSSR count). The first-order chi connectivity index (χ1) is 8.08. The lowest BCUT2D eigenvalue weighted by Gasteiger charge is -2.31. The number of nitrogens with one attached hydrogen (secondary N) is 1. The number of carbonyl (C=O) groups is 3.